The van der Waals surface area contributed by atoms with Gasteiger partial charge in [0.05, 0.1) is 12.2 Å². The molecule has 0 saturated heterocycles. The summed E-state index contributed by atoms with van der Waals surface area (Å²) in [6, 6.07) is 9.65. The minimum absolute atomic E-state index is 0.387. The number of aryl methyl sites for hydroxylation is 1. The van der Waals surface area contributed by atoms with E-state index in [0.29, 0.717) is 11.5 Å². The Bertz CT molecular complexity index is 583. The van der Waals surface area contributed by atoms with Crippen LogP contribution < -0.4 is 10.6 Å². The second-order valence-corrected chi connectivity index (χ2v) is 4.84. The van der Waals surface area contributed by atoms with Gasteiger partial charge in [-0.25, -0.2) is 4.98 Å². The van der Waals surface area contributed by atoms with Gasteiger partial charge < -0.3 is 10.6 Å². The molecule has 0 aromatic carbocycles. The fourth-order valence-corrected chi connectivity index (χ4v) is 1.92. The molecule has 0 unspecified atom stereocenters. The SMILES string of the molecule is Cc1cc(C(N)=S)cc(N(C)Cc2ccccn2)n1. The van der Waals surface area contributed by atoms with E-state index in [-0.39, 0.29) is 0 Å². The van der Waals surface area contributed by atoms with Crippen molar-refractivity contribution in [2.24, 2.45) is 5.73 Å². The van der Waals surface area contributed by atoms with Crippen LogP contribution in [0.25, 0.3) is 0 Å². The summed E-state index contributed by atoms with van der Waals surface area (Å²) in [5.74, 6) is 0.841. The number of nitrogens with two attached hydrogens (primary N) is 1. The Morgan fingerprint density at radius 3 is 2.79 bits per heavy atom. The molecule has 98 valence electrons. The first-order chi connectivity index (χ1) is 9.06. The summed E-state index contributed by atoms with van der Waals surface area (Å²) in [5, 5.41) is 0. The normalized spacial score (nSPS) is 10.2. The smallest absolute Gasteiger partial charge is 0.129 e. The molecule has 0 saturated carbocycles. The Balaban J connectivity index is 2.24. The first-order valence-electron chi connectivity index (χ1n) is 5.96. The molecule has 0 spiro atoms. The lowest BCUT2D eigenvalue weighted by atomic mass is 10.2. The van der Waals surface area contributed by atoms with Crippen molar-refractivity contribution in [1.29, 1.82) is 0 Å². The molecule has 19 heavy (non-hydrogen) atoms. The van der Waals surface area contributed by atoms with Crippen LogP contribution in [-0.4, -0.2) is 22.0 Å². The number of hydrogen-bond acceptors (Lipinski definition) is 4. The van der Waals surface area contributed by atoms with Crippen LogP contribution in [0.4, 0.5) is 5.82 Å². The molecule has 5 heteroatoms. The Kier molecular flexibility index (Phi) is 4.06. The Morgan fingerprint density at radius 2 is 2.16 bits per heavy atom. The minimum atomic E-state index is 0.387. The van der Waals surface area contributed by atoms with Crippen molar-refractivity contribution in [2.45, 2.75) is 13.5 Å². The monoisotopic (exact) mass is 272 g/mol. The van der Waals surface area contributed by atoms with Crippen molar-refractivity contribution < 1.29 is 0 Å². The predicted molar refractivity (Wildman–Crippen MR) is 81.2 cm³/mol. The maximum atomic E-state index is 5.68. The van der Waals surface area contributed by atoms with Gasteiger partial charge >= 0.3 is 0 Å². The lowest BCUT2D eigenvalue weighted by Gasteiger charge is -2.19. The first-order valence-corrected chi connectivity index (χ1v) is 6.36. The number of nitrogens with zero attached hydrogens (tertiary/aromatic N) is 3. The fraction of sp³-hybridized carbons (Fsp3) is 0.214. The van der Waals surface area contributed by atoms with Crippen LogP contribution >= 0.6 is 12.2 Å². The topological polar surface area (TPSA) is 55.0 Å². The van der Waals surface area contributed by atoms with Crippen molar-refractivity contribution in [2.75, 3.05) is 11.9 Å². The van der Waals surface area contributed by atoms with Gasteiger partial charge in [-0.05, 0) is 31.2 Å². The van der Waals surface area contributed by atoms with Gasteiger partial charge in [0.25, 0.3) is 0 Å². The largest absolute Gasteiger partial charge is 0.389 e. The van der Waals surface area contributed by atoms with E-state index in [2.05, 4.69) is 9.97 Å². The molecule has 2 heterocycles. The number of rotatable bonds is 4. The number of anilines is 1. The van der Waals surface area contributed by atoms with Crippen molar-refractivity contribution >= 4 is 23.0 Å². The molecule has 0 aliphatic carbocycles. The molecule has 0 amide bonds. The van der Waals surface area contributed by atoms with Crippen molar-refractivity contribution in [3.63, 3.8) is 0 Å². The maximum Gasteiger partial charge on any atom is 0.129 e. The quantitative estimate of drug-likeness (QED) is 0.863. The Hall–Kier alpha value is -2.01. The highest BCUT2D eigenvalue weighted by Gasteiger charge is 2.08. The van der Waals surface area contributed by atoms with Gasteiger partial charge in [-0.3, -0.25) is 4.98 Å². The third-order valence-electron chi connectivity index (χ3n) is 2.74. The van der Waals surface area contributed by atoms with E-state index in [1.54, 1.807) is 6.20 Å². The van der Waals surface area contributed by atoms with Crippen LogP contribution in [-0.2, 0) is 6.54 Å². The third-order valence-corrected chi connectivity index (χ3v) is 2.98. The summed E-state index contributed by atoms with van der Waals surface area (Å²) in [6.07, 6.45) is 1.79. The Morgan fingerprint density at radius 1 is 1.37 bits per heavy atom. The average molecular weight is 272 g/mol. The number of hydrogen-bond donors (Lipinski definition) is 1. The zero-order valence-electron chi connectivity index (χ0n) is 11.0. The van der Waals surface area contributed by atoms with E-state index in [1.165, 1.54) is 0 Å². The molecule has 2 rings (SSSR count). The summed E-state index contributed by atoms with van der Waals surface area (Å²) in [5.41, 5.74) is 8.40. The predicted octanol–water partition coefficient (Wildman–Crippen LogP) is 2.06. The van der Waals surface area contributed by atoms with Gasteiger partial charge in [-0.1, -0.05) is 18.3 Å². The molecule has 4 nitrogen and oxygen atoms in total. The van der Waals surface area contributed by atoms with E-state index >= 15 is 0 Å². The van der Waals surface area contributed by atoms with Gasteiger partial charge in [0.2, 0.25) is 0 Å². The van der Waals surface area contributed by atoms with Crippen LogP contribution in [0.1, 0.15) is 17.0 Å². The first kappa shape index (κ1) is 13.4. The zero-order chi connectivity index (χ0) is 13.8. The molecule has 2 N–H and O–H groups in total. The summed E-state index contributed by atoms with van der Waals surface area (Å²) in [4.78, 5) is 11.2. The lowest BCUT2D eigenvalue weighted by molar-refractivity contribution is 0.861. The number of pyridine rings is 2. The van der Waals surface area contributed by atoms with Crippen LogP contribution in [0.15, 0.2) is 36.5 Å². The number of aromatic nitrogens is 2. The van der Waals surface area contributed by atoms with Crippen LogP contribution in [0.5, 0.6) is 0 Å². The highest BCUT2D eigenvalue weighted by molar-refractivity contribution is 7.80. The highest BCUT2D eigenvalue weighted by atomic mass is 32.1. The molecule has 0 aliphatic rings. The molecule has 0 bridgehead atoms. The Labute approximate surface area is 118 Å². The standard InChI is InChI=1S/C14H16N4S/c1-10-7-11(14(15)19)8-13(17-10)18(2)9-12-5-3-4-6-16-12/h3-8H,9H2,1-2H3,(H2,15,19). The van der Waals surface area contributed by atoms with E-state index in [9.17, 15) is 0 Å². The summed E-state index contributed by atoms with van der Waals surface area (Å²) >= 11 is 5.02. The highest BCUT2D eigenvalue weighted by Crippen LogP contribution is 2.15. The van der Waals surface area contributed by atoms with Crippen LogP contribution in [0.3, 0.4) is 0 Å². The van der Waals surface area contributed by atoms with Crippen molar-refractivity contribution in [1.82, 2.24) is 9.97 Å². The molecule has 0 atom stereocenters. The average Bonchev–Trinajstić information content (AvgIpc) is 2.39. The molecular formula is C14H16N4S. The van der Waals surface area contributed by atoms with Gasteiger partial charge in [0, 0.05) is 24.5 Å². The second kappa shape index (κ2) is 5.75. The molecular weight excluding hydrogens is 256 g/mol. The second-order valence-electron chi connectivity index (χ2n) is 4.40. The maximum absolute atomic E-state index is 5.68. The summed E-state index contributed by atoms with van der Waals surface area (Å²) in [6.45, 7) is 2.62. The van der Waals surface area contributed by atoms with Crippen LogP contribution in [0, 0.1) is 6.92 Å². The summed E-state index contributed by atoms with van der Waals surface area (Å²) in [7, 11) is 1.97. The van der Waals surface area contributed by atoms with Gasteiger partial charge in [-0.15, -0.1) is 0 Å². The van der Waals surface area contributed by atoms with E-state index in [1.807, 2.05) is 49.2 Å². The molecule has 0 aliphatic heterocycles. The molecule has 0 fully saturated rings. The van der Waals surface area contributed by atoms with Gasteiger partial charge in [0.15, 0.2) is 0 Å². The van der Waals surface area contributed by atoms with Gasteiger partial charge in [-0.2, -0.15) is 0 Å². The van der Waals surface area contributed by atoms with Gasteiger partial charge in [0.1, 0.15) is 10.8 Å². The summed E-state index contributed by atoms with van der Waals surface area (Å²) < 4.78 is 0. The van der Waals surface area contributed by atoms with E-state index in [0.717, 1.165) is 22.8 Å². The lowest BCUT2D eigenvalue weighted by Crippen LogP contribution is -2.20. The minimum Gasteiger partial charge on any atom is -0.389 e. The molecule has 0 radical (unpaired) electrons. The molecule has 2 aromatic rings. The molecule has 2 aromatic heterocycles. The zero-order valence-corrected chi connectivity index (χ0v) is 11.8. The van der Waals surface area contributed by atoms with Crippen LogP contribution in [0.2, 0.25) is 0 Å². The van der Waals surface area contributed by atoms with E-state index < -0.39 is 0 Å². The van der Waals surface area contributed by atoms with Crippen molar-refractivity contribution in [3.8, 4) is 0 Å². The van der Waals surface area contributed by atoms with E-state index in [4.69, 9.17) is 18.0 Å². The third kappa shape index (κ3) is 3.48. The van der Waals surface area contributed by atoms with Crippen molar-refractivity contribution in [3.05, 3.63) is 53.5 Å². The fourth-order valence-electron chi connectivity index (χ4n) is 1.80. The number of thiocarbonyl (C=S) groups is 1.